The molecule has 1 aliphatic rings. The second-order valence-corrected chi connectivity index (χ2v) is 4.41. The Morgan fingerprint density at radius 3 is 2.44 bits per heavy atom. The standard InChI is InChI=1S/C13H18FNO/c14-10-7-8-13(12(15)9-10)16-11-5-3-1-2-4-6-11/h7-9,11H,1-6,15H2. The van der Waals surface area contributed by atoms with Crippen molar-refractivity contribution in [2.75, 3.05) is 5.73 Å². The summed E-state index contributed by atoms with van der Waals surface area (Å²) in [4.78, 5) is 0. The van der Waals surface area contributed by atoms with Crippen LogP contribution in [0.1, 0.15) is 38.5 Å². The molecule has 3 heteroatoms. The van der Waals surface area contributed by atoms with Crippen molar-refractivity contribution in [3.05, 3.63) is 24.0 Å². The Bertz CT molecular complexity index is 346. The number of anilines is 1. The summed E-state index contributed by atoms with van der Waals surface area (Å²) in [5.41, 5.74) is 6.11. The molecule has 1 fully saturated rings. The van der Waals surface area contributed by atoms with Gasteiger partial charge in [0.1, 0.15) is 11.6 Å². The van der Waals surface area contributed by atoms with E-state index < -0.39 is 0 Å². The Balaban J connectivity index is 2.01. The summed E-state index contributed by atoms with van der Waals surface area (Å²) in [7, 11) is 0. The molecule has 88 valence electrons. The summed E-state index contributed by atoms with van der Waals surface area (Å²) in [6, 6.07) is 4.32. The lowest BCUT2D eigenvalue weighted by atomic mass is 10.1. The topological polar surface area (TPSA) is 35.2 Å². The molecule has 1 aromatic rings. The number of benzene rings is 1. The van der Waals surface area contributed by atoms with Crippen LogP contribution in [0.2, 0.25) is 0 Å². The summed E-state index contributed by atoms with van der Waals surface area (Å²) < 4.78 is 18.7. The van der Waals surface area contributed by atoms with Crippen LogP contribution in [-0.2, 0) is 0 Å². The van der Waals surface area contributed by atoms with Crippen LogP contribution >= 0.6 is 0 Å². The first-order chi connectivity index (χ1) is 7.75. The molecule has 0 atom stereocenters. The minimum atomic E-state index is -0.314. The lowest BCUT2D eigenvalue weighted by Gasteiger charge is -2.18. The molecule has 1 aliphatic carbocycles. The van der Waals surface area contributed by atoms with Gasteiger partial charge in [0.25, 0.3) is 0 Å². The van der Waals surface area contributed by atoms with Crippen LogP contribution < -0.4 is 10.5 Å². The number of nitrogens with two attached hydrogens (primary N) is 1. The van der Waals surface area contributed by atoms with Crippen LogP contribution in [0.5, 0.6) is 5.75 Å². The predicted molar refractivity (Wildman–Crippen MR) is 62.9 cm³/mol. The summed E-state index contributed by atoms with van der Waals surface area (Å²) in [6.45, 7) is 0. The van der Waals surface area contributed by atoms with E-state index in [9.17, 15) is 4.39 Å². The van der Waals surface area contributed by atoms with Gasteiger partial charge in [-0.3, -0.25) is 0 Å². The molecule has 2 rings (SSSR count). The minimum absolute atomic E-state index is 0.246. The van der Waals surface area contributed by atoms with E-state index in [4.69, 9.17) is 10.5 Å². The van der Waals surface area contributed by atoms with Crippen molar-refractivity contribution in [3.63, 3.8) is 0 Å². The van der Waals surface area contributed by atoms with Crippen molar-refractivity contribution in [2.45, 2.75) is 44.6 Å². The predicted octanol–water partition coefficient (Wildman–Crippen LogP) is 3.51. The lowest BCUT2D eigenvalue weighted by molar-refractivity contribution is 0.184. The van der Waals surface area contributed by atoms with Crippen molar-refractivity contribution in [1.29, 1.82) is 0 Å². The summed E-state index contributed by atoms with van der Waals surface area (Å²) in [6.07, 6.45) is 7.41. The molecule has 0 radical (unpaired) electrons. The number of hydrogen-bond acceptors (Lipinski definition) is 2. The molecule has 0 saturated heterocycles. The van der Waals surface area contributed by atoms with Gasteiger partial charge in [-0.25, -0.2) is 4.39 Å². The number of ether oxygens (including phenoxy) is 1. The Hall–Kier alpha value is -1.25. The third-order valence-electron chi connectivity index (χ3n) is 3.07. The molecule has 0 bridgehead atoms. The van der Waals surface area contributed by atoms with Gasteiger partial charge in [0.2, 0.25) is 0 Å². The summed E-state index contributed by atoms with van der Waals surface area (Å²) >= 11 is 0. The van der Waals surface area contributed by atoms with Crippen LogP contribution in [0.4, 0.5) is 10.1 Å². The fraction of sp³-hybridized carbons (Fsp3) is 0.538. The van der Waals surface area contributed by atoms with Crippen molar-refractivity contribution in [3.8, 4) is 5.75 Å². The van der Waals surface area contributed by atoms with Crippen LogP contribution in [-0.4, -0.2) is 6.10 Å². The maximum absolute atomic E-state index is 12.9. The van der Waals surface area contributed by atoms with Gasteiger partial charge in [0.05, 0.1) is 11.8 Å². The van der Waals surface area contributed by atoms with Crippen LogP contribution in [0.15, 0.2) is 18.2 Å². The fourth-order valence-corrected chi connectivity index (χ4v) is 2.17. The molecule has 2 nitrogen and oxygen atoms in total. The van der Waals surface area contributed by atoms with Crippen LogP contribution in [0, 0.1) is 5.82 Å². The van der Waals surface area contributed by atoms with Crippen molar-refractivity contribution in [1.82, 2.24) is 0 Å². The van der Waals surface area contributed by atoms with Gasteiger partial charge in [0, 0.05) is 6.07 Å². The maximum atomic E-state index is 12.9. The third-order valence-corrected chi connectivity index (χ3v) is 3.07. The first-order valence-electron chi connectivity index (χ1n) is 5.97. The van der Waals surface area contributed by atoms with E-state index in [0.29, 0.717) is 11.4 Å². The average Bonchev–Trinajstić information content (AvgIpc) is 2.51. The number of nitrogen functional groups attached to an aromatic ring is 1. The first kappa shape index (κ1) is 11.2. The molecular formula is C13H18FNO. The summed E-state index contributed by atoms with van der Waals surface area (Å²) in [5.74, 6) is 0.305. The van der Waals surface area contributed by atoms with Gasteiger partial charge >= 0.3 is 0 Å². The maximum Gasteiger partial charge on any atom is 0.142 e. The monoisotopic (exact) mass is 223 g/mol. The third kappa shape index (κ3) is 2.87. The zero-order valence-corrected chi connectivity index (χ0v) is 9.42. The molecule has 1 saturated carbocycles. The highest BCUT2D eigenvalue weighted by molar-refractivity contribution is 5.52. The molecule has 1 aromatic carbocycles. The van der Waals surface area contributed by atoms with E-state index >= 15 is 0 Å². The summed E-state index contributed by atoms with van der Waals surface area (Å²) in [5, 5.41) is 0. The van der Waals surface area contributed by atoms with Crippen molar-refractivity contribution >= 4 is 5.69 Å². The highest BCUT2D eigenvalue weighted by Gasteiger charge is 2.14. The SMILES string of the molecule is Nc1cc(F)ccc1OC1CCCCCC1. The number of halogens is 1. The molecule has 16 heavy (non-hydrogen) atoms. The molecule has 0 aliphatic heterocycles. The first-order valence-corrected chi connectivity index (χ1v) is 5.97. The van der Waals surface area contributed by atoms with E-state index in [1.54, 1.807) is 6.07 Å². The average molecular weight is 223 g/mol. The van der Waals surface area contributed by atoms with E-state index in [-0.39, 0.29) is 11.9 Å². The Labute approximate surface area is 95.6 Å². The second kappa shape index (κ2) is 5.19. The van der Waals surface area contributed by atoms with Crippen molar-refractivity contribution < 1.29 is 9.13 Å². The van der Waals surface area contributed by atoms with Gasteiger partial charge in [-0.2, -0.15) is 0 Å². The molecular weight excluding hydrogens is 205 g/mol. The highest BCUT2D eigenvalue weighted by atomic mass is 19.1. The van der Waals surface area contributed by atoms with Gasteiger partial charge in [-0.15, -0.1) is 0 Å². The smallest absolute Gasteiger partial charge is 0.142 e. The number of hydrogen-bond donors (Lipinski definition) is 1. The van der Waals surface area contributed by atoms with Gasteiger partial charge in [0.15, 0.2) is 0 Å². The molecule has 0 unspecified atom stereocenters. The molecule has 0 aromatic heterocycles. The zero-order chi connectivity index (χ0) is 11.4. The minimum Gasteiger partial charge on any atom is -0.488 e. The van der Waals surface area contributed by atoms with Crippen LogP contribution in [0.3, 0.4) is 0 Å². The van der Waals surface area contributed by atoms with E-state index in [1.165, 1.54) is 37.8 Å². The van der Waals surface area contributed by atoms with Gasteiger partial charge in [-0.05, 0) is 37.8 Å². The quantitative estimate of drug-likeness (QED) is 0.615. The molecule has 0 spiro atoms. The van der Waals surface area contributed by atoms with Crippen LogP contribution in [0.25, 0.3) is 0 Å². The molecule has 0 heterocycles. The molecule has 0 amide bonds. The Morgan fingerprint density at radius 1 is 1.12 bits per heavy atom. The normalized spacial score (nSPS) is 18.1. The van der Waals surface area contributed by atoms with Gasteiger partial charge in [-0.1, -0.05) is 12.8 Å². The van der Waals surface area contributed by atoms with Gasteiger partial charge < -0.3 is 10.5 Å². The second-order valence-electron chi connectivity index (χ2n) is 4.41. The van der Waals surface area contributed by atoms with E-state index in [1.807, 2.05) is 0 Å². The Kier molecular flexibility index (Phi) is 3.65. The largest absolute Gasteiger partial charge is 0.488 e. The van der Waals surface area contributed by atoms with E-state index in [2.05, 4.69) is 0 Å². The molecule has 2 N–H and O–H groups in total. The highest BCUT2D eigenvalue weighted by Crippen LogP contribution is 2.27. The number of rotatable bonds is 2. The van der Waals surface area contributed by atoms with Crippen molar-refractivity contribution in [2.24, 2.45) is 0 Å². The lowest BCUT2D eigenvalue weighted by Crippen LogP contribution is -2.15. The van der Waals surface area contributed by atoms with E-state index in [0.717, 1.165) is 12.8 Å². The fourth-order valence-electron chi connectivity index (χ4n) is 2.17. The Morgan fingerprint density at radius 2 is 1.81 bits per heavy atom. The zero-order valence-electron chi connectivity index (χ0n) is 9.42.